The van der Waals surface area contributed by atoms with Crippen molar-refractivity contribution in [1.29, 1.82) is 0 Å². The van der Waals surface area contributed by atoms with E-state index in [1.165, 1.54) is 0 Å². The van der Waals surface area contributed by atoms with Gasteiger partial charge in [-0.2, -0.15) is 0 Å². The Hall–Kier alpha value is -2.41. The predicted octanol–water partition coefficient (Wildman–Crippen LogP) is 1.61. The number of carboxylic acid groups (broad SMARTS) is 1. The molecule has 22 heavy (non-hydrogen) atoms. The van der Waals surface area contributed by atoms with Crippen molar-refractivity contribution in [2.24, 2.45) is 0 Å². The summed E-state index contributed by atoms with van der Waals surface area (Å²) in [6.45, 7) is 3.61. The highest BCUT2D eigenvalue weighted by atomic mass is 32.2. The molecular weight excluding hydrogens is 309 g/mol. The van der Waals surface area contributed by atoms with Crippen molar-refractivity contribution in [1.82, 2.24) is 0 Å². The highest BCUT2D eigenvalue weighted by Crippen LogP contribution is 2.22. The maximum atomic E-state index is 13.3. The van der Waals surface area contributed by atoms with Crippen LogP contribution in [0.2, 0.25) is 0 Å². The molecule has 5 nitrogen and oxygen atoms in total. The van der Waals surface area contributed by atoms with Gasteiger partial charge in [-0.15, -0.1) is 0 Å². The van der Waals surface area contributed by atoms with Crippen molar-refractivity contribution in [3.8, 4) is 0 Å². The zero-order chi connectivity index (χ0) is 16.5. The normalized spacial score (nSPS) is 11.2. The third-order valence-electron chi connectivity index (χ3n) is 3.09. The average Bonchev–Trinajstić information content (AvgIpc) is 2.42. The van der Waals surface area contributed by atoms with E-state index in [0.717, 1.165) is 23.8 Å². The lowest BCUT2D eigenvalue weighted by atomic mass is 10.1. The van der Waals surface area contributed by atoms with Crippen LogP contribution in [-0.4, -0.2) is 14.4 Å². The number of aromatic carboxylic acids is 1. The quantitative estimate of drug-likeness (QED) is 0.926. The summed E-state index contributed by atoms with van der Waals surface area (Å²) in [5.74, 6) is -2.83. The Bertz CT molecular complexity index is 847. The third kappa shape index (κ3) is 3.25. The van der Waals surface area contributed by atoms with Gasteiger partial charge in [0.1, 0.15) is 5.82 Å². The van der Waals surface area contributed by atoms with Crippen LogP contribution in [0, 0.1) is 19.7 Å². The number of carbonyl (C=O) groups is 1. The minimum atomic E-state index is -4.03. The second-order valence-electron chi connectivity index (χ2n) is 4.85. The standard InChI is InChI=1S/C15H14FNO4S/c1-9-3-6-14(10(2)7-9)17-22(20,21)11-4-5-13(16)12(8-11)15(18)19/h3-8,17H,1-2H3,(H,18,19)/p-1. The van der Waals surface area contributed by atoms with E-state index < -0.39 is 27.4 Å². The van der Waals surface area contributed by atoms with Gasteiger partial charge in [-0.05, 0) is 43.7 Å². The number of hydrogen-bond donors (Lipinski definition) is 1. The van der Waals surface area contributed by atoms with E-state index in [-0.39, 0.29) is 4.90 Å². The summed E-state index contributed by atoms with van der Waals surface area (Å²) < 4.78 is 40.2. The number of anilines is 1. The van der Waals surface area contributed by atoms with Crippen molar-refractivity contribution in [3.63, 3.8) is 0 Å². The molecule has 0 saturated heterocycles. The van der Waals surface area contributed by atoms with Gasteiger partial charge < -0.3 is 9.90 Å². The van der Waals surface area contributed by atoms with Crippen LogP contribution in [-0.2, 0) is 10.0 Å². The summed E-state index contributed by atoms with van der Waals surface area (Å²) in [6.07, 6.45) is 0. The number of halogens is 1. The zero-order valence-electron chi connectivity index (χ0n) is 11.9. The first-order chi connectivity index (χ1) is 10.2. The molecule has 0 atom stereocenters. The van der Waals surface area contributed by atoms with Crippen LogP contribution < -0.4 is 9.83 Å². The number of nitrogens with one attached hydrogen (secondary N) is 1. The van der Waals surface area contributed by atoms with Gasteiger partial charge >= 0.3 is 0 Å². The zero-order valence-corrected chi connectivity index (χ0v) is 12.7. The van der Waals surface area contributed by atoms with Crippen LogP contribution in [0.4, 0.5) is 10.1 Å². The molecule has 2 rings (SSSR count). The number of carbonyl (C=O) groups excluding carboxylic acids is 1. The average molecular weight is 322 g/mol. The first-order valence-electron chi connectivity index (χ1n) is 6.31. The summed E-state index contributed by atoms with van der Waals surface area (Å²) in [4.78, 5) is 10.4. The van der Waals surface area contributed by atoms with E-state index in [2.05, 4.69) is 4.72 Å². The molecule has 0 fully saturated rings. The summed E-state index contributed by atoms with van der Waals surface area (Å²) in [7, 11) is -4.03. The van der Waals surface area contributed by atoms with E-state index in [1.807, 2.05) is 6.92 Å². The highest BCUT2D eigenvalue weighted by Gasteiger charge is 2.17. The molecule has 0 aliphatic rings. The van der Waals surface area contributed by atoms with Crippen molar-refractivity contribution < 1.29 is 22.7 Å². The number of benzene rings is 2. The Morgan fingerprint density at radius 3 is 2.41 bits per heavy atom. The molecule has 1 N–H and O–H groups in total. The Labute approximate surface area is 127 Å². The lowest BCUT2D eigenvalue weighted by molar-refractivity contribution is -0.255. The SMILES string of the molecule is Cc1ccc(NS(=O)(=O)c2ccc(F)c(C(=O)[O-])c2)c(C)c1. The van der Waals surface area contributed by atoms with Crippen LogP contribution in [0.15, 0.2) is 41.3 Å². The molecule has 0 aromatic heterocycles. The van der Waals surface area contributed by atoms with Gasteiger partial charge in [-0.1, -0.05) is 17.7 Å². The lowest BCUT2D eigenvalue weighted by Crippen LogP contribution is -2.24. The molecule has 2 aromatic rings. The lowest BCUT2D eigenvalue weighted by Gasteiger charge is -2.12. The second-order valence-corrected chi connectivity index (χ2v) is 6.54. The van der Waals surface area contributed by atoms with E-state index in [0.29, 0.717) is 11.3 Å². The van der Waals surface area contributed by atoms with Gasteiger partial charge in [0, 0.05) is 5.56 Å². The Morgan fingerprint density at radius 2 is 1.82 bits per heavy atom. The van der Waals surface area contributed by atoms with Crippen molar-refractivity contribution >= 4 is 21.7 Å². The molecule has 0 bridgehead atoms. The van der Waals surface area contributed by atoms with E-state index in [9.17, 15) is 22.7 Å². The first-order valence-corrected chi connectivity index (χ1v) is 7.80. The highest BCUT2D eigenvalue weighted by molar-refractivity contribution is 7.92. The number of aryl methyl sites for hydroxylation is 2. The van der Waals surface area contributed by atoms with E-state index in [4.69, 9.17) is 0 Å². The second kappa shape index (κ2) is 5.76. The monoisotopic (exact) mass is 322 g/mol. The fraction of sp³-hybridized carbons (Fsp3) is 0.133. The number of carboxylic acids is 1. The number of rotatable bonds is 4. The molecular formula is C15H13FNO4S-. The van der Waals surface area contributed by atoms with Crippen molar-refractivity contribution in [3.05, 3.63) is 58.9 Å². The van der Waals surface area contributed by atoms with Crippen LogP contribution in [0.1, 0.15) is 21.5 Å². The minimum Gasteiger partial charge on any atom is -0.545 e. The summed E-state index contributed by atoms with van der Waals surface area (Å²) in [5.41, 5.74) is 1.25. The molecule has 0 saturated carbocycles. The molecule has 7 heteroatoms. The number of sulfonamides is 1. The molecule has 2 aromatic carbocycles. The predicted molar refractivity (Wildman–Crippen MR) is 77.5 cm³/mol. The van der Waals surface area contributed by atoms with Gasteiger partial charge in [0.25, 0.3) is 10.0 Å². The smallest absolute Gasteiger partial charge is 0.261 e. The van der Waals surface area contributed by atoms with E-state index in [1.54, 1.807) is 25.1 Å². The summed E-state index contributed by atoms with van der Waals surface area (Å²) in [5, 5.41) is 10.8. The molecule has 0 amide bonds. The minimum absolute atomic E-state index is 0.354. The molecule has 0 spiro atoms. The number of hydrogen-bond acceptors (Lipinski definition) is 4. The maximum absolute atomic E-state index is 13.3. The van der Waals surface area contributed by atoms with E-state index >= 15 is 0 Å². The molecule has 0 unspecified atom stereocenters. The Balaban J connectivity index is 2.42. The molecule has 0 aliphatic heterocycles. The summed E-state index contributed by atoms with van der Waals surface area (Å²) in [6, 6.07) is 7.65. The van der Waals surface area contributed by atoms with Crippen molar-refractivity contribution in [2.75, 3.05) is 4.72 Å². The van der Waals surface area contributed by atoms with Gasteiger partial charge in [0.15, 0.2) is 0 Å². The van der Waals surface area contributed by atoms with Gasteiger partial charge in [0.05, 0.1) is 16.6 Å². The maximum Gasteiger partial charge on any atom is 0.261 e. The topological polar surface area (TPSA) is 86.3 Å². The molecule has 0 aliphatic carbocycles. The van der Waals surface area contributed by atoms with Gasteiger partial charge in [0.2, 0.25) is 0 Å². The summed E-state index contributed by atoms with van der Waals surface area (Å²) >= 11 is 0. The fourth-order valence-corrected chi connectivity index (χ4v) is 3.12. The third-order valence-corrected chi connectivity index (χ3v) is 4.46. The molecule has 116 valence electrons. The Morgan fingerprint density at radius 1 is 1.14 bits per heavy atom. The molecule has 0 heterocycles. The van der Waals surface area contributed by atoms with Crippen molar-refractivity contribution in [2.45, 2.75) is 18.7 Å². The fourth-order valence-electron chi connectivity index (χ4n) is 1.96. The van der Waals surface area contributed by atoms with Gasteiger partial charge in [-0.25, -0.2) is 12.8 Å². The van der Waals surface area contributed by atoms with Gasteiger partial charge in [-0.3, -0.25) is 4.72 Å². The molecule has 0 radical (unpaired) electrons. The first kappa shape index (κ1) is 16.0. The van der Waals surface area contributed by atoms with Crippen LogP contribution in [0.5, 0.6) is 0 Å². The van der Waals surface area contributed by atoms with Crippen LogP contribution in [0.3, 0.4) is 0 Å². The Kier molecular flexibility index (Phi) is 4.18. The van der Waals surface area contributed by atoms with Crippen LogP contribution in [0.25, 0.3) is 0 Å². The largest absolute Gasteiger partial charge is 0.545 e. The van der Waals surface area contributed by atoms with Crippen LogP contribution >= 0.6 is 0 Å².